The minimum absolute atomic E-state index is 0.0505. The fourth-order valence-corrected chi connectivity index (χ4v) is 3.13. The molecule has 1 aromatic heterocycles. The largest absolute Gasteiger partial charge is 0.376 e. The number of aryl methyl sites for hydroxylation is 1. The fourth-order valence-electron chi connectivity index (χ4n) is 3.13. The number of rotatable bonds is 7. The molecule has 0 radical (unpaired) electrons. The molecule has 0 atom stereocenters. The summed E-state index contributed by atoms with van der Waals surface area (Å²) in [6.07, 6.45) is 3.00. The number of benzene rings is 1. The van der Waals surface area contributed by atoms with Gasteiger partial charge in [0.1, 0.15) is 5.82 Å². The summed E-state index contributed by atoms with van der Waals surface area (Å²) in [4.78, 5) is 22.3. The van der Waals surface area contributed by atoms with E-state index in [2.05, 4.69) is 48.0 Å². The van der Waals surface area contributed by atoms with Crippen LogP contribution in [0.25, 0.3) is 0 Å². The van der Waals surface area contributed by atoms with Gasteiger partial charge >= 0.3 is 0 Å². The second-order valence-electron chi connectivity index (χ2n) is 6.79. The SMILES string of the molecule is CCCCN(Cc1ccc(C)cc1)Cc1nc2c(c(=O)[nH]1)COCC2. The van der Waals surface area contributed by atoms with Crippen LogP contribution in [0.5, 0.6) is 0 Å². The molecule has 25 heavy (non-hydrogen) atoms. The summed E-state index contributed by atoms with van der Waals surface area (Å²) in [5.41, 5.74) is 4.09. The van der Waals surface area contributed by atoms with Gasteiger partial charge in [-0.25, -0.2) is 4.98 Å². The van der Waals surface area contributed by atoms with Gasteiger partial charge in [-0.3, -0.25) is 9.69 Å². The maximum Gasteiger partial charge on any atom is 0.256 e. The maximum absolute atomic E-state index is 12.3. The first-order valence-electron chi connectivity index (χ1n) is 9.12. The van der Waals surface area contributed by atoms with Gasteiger partial charge in [-0.05, 0) is 25.5 Å². The van der Waals surface area contributed by atoms with E-state index < -0.39 is 0 Å². The molecule has 0 spiro atoms. The normalized spacial score (nSPS) is 13.9. The van der Waals surface area contributed by atoms with E-state index in [0.29, 0.717) is 25.3 Å². The highest BCUT2D eigenvalue weighted by Crippen LogP contribution is 2.13. The van der Waals surface area contributed by atoms with Crippen LogP contribution in [0.1, 0.15) is 48.0 Å². The van der Waals surface area contributed by atoms with Crippen molar-refractivity contribution in [2.24, 2.45) is 0 Å². The molecule has 0 saturated carbocycles. The number of nitrogens with zero attached hydrogens (tertiary/aromatic N) is 2. The van der Waals surface area contributed by atoms with E-state index in [1.807, 2.05) is 0 Å². The van der Waals surface area contributed by atoms with Crippen molar-refractivity contribution in [3.05, 3.63) is 62.8 Å². The Hall–Kier alpha value is -1.98. The molecule has 0 fully saturated rings. The minimum Gasteiger partial charge on any atom is -0.376 e. The second-order valence-corrected chi connectivity index (χ2v) is 6.79. The van der Waals surface area contributed by atoms with E-state index in [4.69, 9.17) is 9.72 Å². The lowest BCUT2D eigenvalue weighted by atomic mass is 10.1. The third-order valence-electron chi connectivity index (χ3n) is 4.61. The molecular formula is C20H27N3O2. The first-order chi connectivity index (χ1) is 12.2. The van der Waals surface area contributed by atoms with Gasteiger partial charge in [-0.2, -0.15) is 0 Å². The van der Waals surface area contributed by atoms with Crippen LogP contribution in [0, 0.1) is 6.92 Å². The zero-order valence-electron chi connectivity index (χ0n) is 15.2. The van der Waals surface area contributed by atoms with Crippen LogP contribution in [0.2, 0.25) is 0 Å². The van der Waals surface area contributed by atoms with Gasteiger partial charge < -0.3 is 9.72 Å². The molecule has 2 aromatic rings. The number of nitrogens with one attached hydrogen (secondary N) is 1. The Morgan fingerprint density at radius 2 is 2.04 bits per heavy atom. The third-order valence-corrected chi connectivity index (χ3v) is 4.61. The molecule has 5 heteroatoms. The van der Waals surface area contributed by atoms with Crippen LogP contribution in [0.4, 0.5) is 0 Å². The number of hydrogen-bond acceptors (Lipinski definition) is 4. The van der Waals surface area contributed by atoms with Crippen LogP contribution in [-0.2, 0) is 30.9 Å². The van der Waals surface area contributed by atoms with Gasteiger partial charge in [0, 0.05) is 13.0 Å². The molecule has 3 rings (SSSR count). The van der Waals surface area contributed by atoms with Crippen molar-refractivity contribution < 1.29 is 4.74 Å². The third kappa shape index (κ3) is 4.77. The summed E-state index contributed by atoms with van der Waals surface area (Å²) in [5.74, 6) is 0.758. The average molecular weight is 341 g/mol. The standard InChI is InChI=1S/C20H27N3O2/c1-3-4-10-23(12-16-7-5-15(2)6-8-16)13-19-21-18-9-11-25-14-17(18)20(24)22-19/h5-8H,3-4,9-14H2,1-2H3,(H,21,22,24). The average Bonchev–Trinajstić information content (AvgIpc) is 2.61. The summed E-state index contributed by atoms with van der Waals surface area (Å²) in [7, 11) is 0. The fraction of sp³-hybridized carbons (Fsp3) is 0.500. The van der Waals surface area contributed by atoms with Crippen LogP contribution in [0.3, 0.4) is 0 Å². The van der Waals surface area contributed by atoms with Crippen molar-refractivity contribution in [1.29, 1.82) is 0 Å². The molecule has 0 amide bonds. The van der Waals surface area contributed by atoms with E-state index in [0.717, 1.165) is 43.9 Å². The Morgan fingerprint density at radius 3 is 2.80 bits per heavy atom. The zero-order chi connectivity index (χ0) is 17.6. The lowest BCUT2D eigenvalue weighted by molar-refractivity contribution is 0.107. The Balaban J connectivity index is 1.76. The predicted octanol–water partition coefficient (Wildman–Crippen LogP) is 2.95. The predicted molar refractivity (Wildman–Crippen MR) is 98.4 cm³/mol. The molecule has 0 saturated heterocycles. The lowest BCUT2D eigenvalue weighted by Gasteiger charge is -2.23. The van der Waals surface area contributed by atoms with Gasteiger partial charge in [0.05, 0.1) is 31.0 Å². The van der Waals surface area contributed by atoms with Crippen LogP contribution in [0.15, 0.2) is 29.1 Å². The van der Waals surface area contributed by atoms with E-state index in [1.165, 1.54) is 11.1 Å². The van der Waals surface area contributed by atoms with Crippen molar-refractivity contribution in [3.8, 4) is 0 Å². The molecule has 1 aromatic carbocycles. The molecule has 1 N–H and O–H groups in total. The Labute approximate surface area is 149 Å². The lowest BCUT2D eigenvalue weighted by Crippen LogP contribution is -2.30. The Morgan fingerprint density at radius 1 is 1.24 bits per heavy atom. The van der Waals surface area contributed by atoms with Crippen LogP contribution in [-0.4, -0.2) is 28.0 Å². The maximum atomic E-state index is 12.3. The molecule has 134 valence electrons. The number of unbranched alkanes of at least 4 members (excludes halogenated alkanes) is 1. The highest BCUT2D eigenvalue weighted by Gasteiger charge is 2.17. The number of fused-ring (bicyclic) bond motifs is 1. The van der Waals surface area contributed by atoms with Crippen LogP contribution < -0.4 is 5.56 Å². The monoisotopic (exact) mass is 341 g/mol. The van der Waals surface area contributed by atoms with Gasteiger partial charge in [-0.1, -0.05) is 43.2 Å². The molecular weight excluding hydrogens is 314 g/mol. The van der Waals surface area contributed by atoms with Gasteiger partial charge in [0.2, 0.25) is 0 Å². The second kappa shape index (κ2) is 8.41. The van der Waals surface area contributed by atoms with Crippen molar-refractivity contribution >= 4 is 0 Å². The smallest absolute Gasteiger partial charge is 0.256 e. The molecule has 2 heterocycles. The number of ether oxygens (including phenoxy) is 1. The van der Waals surface area contributed by atoms with Crippen molar-refractivity contribution in [1.82, 2.24) is 14.9 Å². The first kappa shape index (κ1) is 17.8. The summed E-state index contributed by atoms with van der Waals surface area (Å²) in [6.45, 7) is 7.84. The van der Waals surface area contributed by atoms with Crippen LogP contribution >= 0.6 is 0 Å². The zero-order valence-corrected chi connectivity index (χ0v) is 15.2. The number of H-pyrrole nitrogens is 1. The highest BCUT2D eigenvalue weighted by molar-refractivity contribution is 5.22. The van der Waals surface area contributed by atoms with Crippen molar-refractivity contribution in [2.75, 3.05) is 13.2 Å². The quantitative estimate of drug-likeness (QED) is 0.841. The van der Waals surface area contributed by atoms with Crippen molar-refractivity contribution in [2.45, 2.75) is 52.8 Å². The molecule has 1 aliphatic heterocycles. The summed E-state index contributed by atoms with van der Waals surface area (Å²) in [5, 5.41) is 0. The van der Waals surface area contributed by atoms with Gasteiger partial charge in [0.25, 0.3) is 5.56 Å². The molecule has 0 aliphatic carbocycles. The van der Waals surface area contributed by atoms with E-state index in [1.54, 1.807) is 0 Å². The number of aromatic amines is 1. The summed E-state index contributed by atoms with van der Waals surface area (Å²) >= 11 is 0. The topological polar surface area (TPSA) is 58.2 Å². The Bertz CT molecular complexity index is 753. The number of hydrogen-bond donors (Lipinski definition) is 1. The minimum atomic E-state index is -0.0505. The molecule has 0 bridgehead atoms. The molecule has 1 aliphatic rings. The van der Waals surface area contributed by atoms with Gasteiger partial charge in [-0.15, -0.1) is 0 Å². The van der Waals surface area contributed by atoms with Crippen molar-refractivity contribution in [3.63, 3.8) is 0 Å². The number of aromatic nitrogens is 2. The van der Waals surface area contributed by atoms with E-state index in [-0.39, 0.29) is 5.56 Å². The van der Waals surface area contributed by atoms with E-state index in [9.17, 15) is 4.79 Å². The summed E-state index contributed by atoms with van der Waals surface area (Å²) in [6, 6.07) is 8.64. The summed E-state index contributed by atoms with van der Waals surface area (Å²) < 4.78 is 5.37. The molecule has 5 nitrogen and oxygen atoms in total. The van der Waals surface area contributed by atoms with Gasteiger partial charge in [0.15, 0.2) is 0 Å². The highest BCUT2D eigenvalue weighted by atomic mass is 16.5. The molecule has 0 unspecified atom stereocenters. The van der Waals surface area contributed by atoms with E-state index >= 15 is 0 Å². The Kier molecular flexibility index (Phi) is 6.00. The first-order valence-corrected chi connectivity index (χ1v) is 9.12.